The van der Waals surface area contributed by atoms with Gasteiger partial charge in [0.2, 0.25) is 0 Å². The van der Waals surface area contributed by atoms with Crippen LogP contribution in [0.15, 0.2) is 40.8 Å². The van der Waals surface area contributed by atoms with Crippen LogP contribution >= 0.6 is 11.3 Å². The van der Waals surface area contributed by atoms with Crippen LogP contribution in [0.1, 0.15) is 16.3 Å². The van der Waals surface area contributed by atoms with E-state index in [1.807, 2.05) is 24.4 Å². The van der Waals surface area contributed by atoms with E-state index in [1.165, 1.54) is 10.9 Å². The first kappa shape index (κ1) is 18.2. The molecule has 3 rings (SSSR count). The van der Waals surface area contributed by atoms with Gasteiger partial charge in [0.1, 0.15) is 5.01 Å². The third-order valence-corrected chi connectivity index (χ3v) is 4.68. The number of alkyl halides is 3. The highest BCUT2D eigenvalue weighted by molar-refractivity contribution is 7.09. The molecule has 0 aliphatic carbocycles. The SMILES string of the molecule is CN=C(NCCc1c[nH]c2ccccc12)NCc1nc(C(F)(F)F)cs1. The first-order valence-electron chi connectivity index (χ1n) is 7.98. The van der Waals surface area contributed by atoms with Gasteiger partial charge < -0.3 is 15.6 Å². The highest BCUT2D eigenvalue weighted by Crippen LogP contribution is 2.29. The monoisotopic (exact) mass is 381 g/mol. The molecule has 0 aliphatic heterocycles. The largest absolute Gasteiger partial charge is 0.434 e. The first-order valence-corrected chi connectivity index (χ1v) is 8.86. The Hall–Kier alpha value is -2.55. The number of para-hydroxylation sites is 1. The summed E-state index contributed by atoms with van der Waals surface area (Å²) in [6, 6.07) is 8.07. The van der Waals surface area contributed by atoms with Crippen molar-refractivity contribution in [3.05, 3.63) is 52.1 Å². The minimum Gasteiger partial charge on any atom is -0.361 e. The zero-order valence-electron chi connectivity index (χ0n) is 14.0. The van der Waals surface area contributed by atoms with Crippen molar-refractivity contribution in [1.29, 1.82) is 0 Å². The van der Waals surface area contributed by atoms with E-state index in [2.05, 4.69) is 31.7 Å². The maximum Gasteiger partial charge on any atom is 0.434 e. The Labute approximate surface area is 152 Å². The molecule has 26 heavy (non-hydrogen) atoms. The third-order valence-electron chi connectivity index (χ3n) is 3.83. The summed E-state index contributed by atoms with van der Waals surface area (Å²) in [5, 5.41) is 8.70. The number of rotatable bonds is 5. The number of fused-ring (bicyclic) bond motifs is 1. The van der Waals surface area contributed by atoms with E-state index in [4.69, 9.17) is 0 Å². The second kappa shape index (κ2) is 7.77. The average molecular weight is 381 g/mol. The van der Waals surface area contributed by atoms with Crippen LogP contribution in [0.4, 0.5) is 13.2 Å². The first-order chi connectivity index (χ1) is 12.5. The van der Waals surface area contributed by atoms with Crippen LogP contribution in [0.5, 0.6) is 0 Å². The molecule has 0 saturated carbocycles. The number of nitrogens with one attached hydrogen (secondary N) is 3. The molecule has 0 saturated heterocycles. The molecule has 0 spiro atoms. The van der Waals surface area contributed by atoms with Gasteiger partial charge in [-0.2, -0.15) is 13.2 Å². The Kier molecular flexibility index (Phi) is 5.46. The van der Waals surface area contributed by atoms with Crippen LogP contribution in [-0.4, -0.2) is 29.5 Å². The average Bonchev–Trinajstić information content (AvgIpc) is 3.25. The zero-order valence-corrected chi connectivity index (χ0v) is 14.8. The smallest absolute Gasteiger partial charge is 0.361 e. The maximum atomic E-state index is 12.6. The number of aromatic nitrogens is 2. The molecule has 0 radical (unpaired) electrons. The Morgan fingerprint density at radius 2 is 2.08 bits per heavy atom. The van der Waals surface area contributed by atoms with Crippen molar-refractivity contribution in [2.75, 3.05) is 13.6 Å². The van der Waals surface area contributed by atoms with E-state index >= 15 is 0 Å². The number of benzene rings is 1. The predicted molar refractivity (Wildman–Crippen MR) is 97.3 cm³/mol. The van der Waals surface area contributed by atoms with Gasteiger partial charge >= 0.3 is 6.18 Å². The quantitative estimate of drug-likeness (QED) is 0.468. The summed E-state index contributed by atoms with van der Waals surface area (Å²) in [5.74, 6) is 0.522. The van der Waals surface area contributed by atoms with E-state index in [0.29, 0.717) is 17.5 Å². The molecule has 3 N–H and O–H groups in total. The molecule has 9 heteroatoms. The molecule has 1 aromatic carbocycles. The van der Waals surface area contributed by atoms with Crippen molar-refractivity contribution < 1.29 is 13.2 Å². The molecule has 5 nitrogen and oxygen atoms in total. The second-order valence-corrected chi connectivity index (χ2v) is 6.53. The lowest BCUT2D eigenvalue weighted by atomic mass is 10.1. The summed E-state index contributed by atoms with van der Waals surface area (Å²) in [7, 11) is 1.62. The van der Waals surface area contributed by atoms with Gasteiger partial charge in [0, 0.05) is 36.1 Å². The van der Waals surface area contributed by atoms with E-state index in [1.54, 1.807) is 7.05 Å². The standard InChI is InChI=1S/C17H18F3N5S/c1-21-16(24-9-15-25-14(10-26-15)17(18,19)20)22-7-6-11-8-23-13-5-3-2-4-12(11)13/h2-5,8,10,23H,6-7,9H2,1H3,(H2,21,22,24). The molecule has 0 amide bonds. The molecular weight excluding hydrogens is 363 g/mol. The molecule has 0 atom stereocenters. The number of guanidine groups is 1. The van der Waals surface area contributed by atoms with Crippen LogP contribution in [-0.2, 0) is 19.1 Å². The lowest BCUT2D eigenvalue weighted by Crippen LogP contribution is -2.37. The zero-order chi connectivity index (χ0) is 18.6. The van der Waals surface area contributed by atoms with Crippen molar-refractivity contribution in [3.8, 4) is 0 Å². The summed E-state index contributed by atoms with van der Waals surface area (Å²) in [4.78, 5) is 10.9. The fourth-order valence-electron chi connectivity index (χ4n) is 2.56. The number of halogens is 3. The normalized spacial score (nSPS) is 12.5. The molecule has 0 bridgehead atoms. The van der Waals surface area contributed by atoms with Crippen molar-refractivity contribution in [2.24, 2.45) is 4.99 Å². The number of hydrogen-bond donors (Lipinski definition) is 3. The Morgan fingerprint density at radius 3 is 2.81 bits per heavy atom. The van der Waals surface area contributed by atoms with Crippen LogP contribution in [0, 0.1) is 0 Å². The highest BCUT2D eigenvalue weighted by atomic mass is 32.1. The van der Waals surface area contributed by atoms with Crippen molar-refractivity contribution in [1.82, 2.24) is 20.6 Å². The van der Waals surface area contributed by atoms with Crippen molar-refractivity contribution in [2.45, 2.75) is 19.1 Å². The van der Waals surface area contributed by atoms with Gasteiger partial charge in [0.05, 0.1) is 6.54 Å². The number of nitrogens with zero attached hydrogens (tertiary/aromatic N) is 2. The molecule has 2 heterocycles. The van der Waals surface area contributed by atoms with E-state index in [-0.39, 0.29) is 6.54 Å². The topological polar surface area (TPSA) is 65.1 Å². The summed E-state index contributed by atoms with van der Waals surface area (Å²) in [5.41, 5.74) is 1.43. The number of aliphatic imine (C=N–C) groups is 1. The minimum atomic E-state index is -4.41. The number of H-pyrrole nitrogens is 1. The summed E-state index contributed by atoms with van der Waals surface area (Å²) in [6.07, 6.45) is -1.63. The van der Waals surface area contributed by atoms with Gasteiger partial charge in [-0.25, -0.2) is 4.98 Å². The third kappa shape index (κ3) is 4.34. The van der Waals surface area contributed by atoms with Crippen LogP contribution in [0.25, 0.3) is 10.9 Å². The number of aromatic amines is 1. The molecule has 138 valence electrons. The van der Waals surface area contributed by atoms with Crippen LogP contribution in [0.2, 0.25) is 0 Å². The van der Waals surface area contributed by atoms with Gasteiger partial charge in [0.15, 0.2) is 11.7 Å². The van der Waals surface area contributed by atoms with Gasteiger partial charge in [-0.3, -0.25) is 4.99 Å². The van der Waals surface area contributed by atoms with E-state index in [9.17, 15) is 13.2 Å². The van der Waals surface area contributed by atoms with Crippen molar-refractivity contribution >= 4 is 28.2 Å². The molecule has 0 fully saturated rings. The highest BCUT2D eigenvalue weighted by Gasteiger charge is 2.33. The van der Waals surface area contributed by atoms with Crippen molar-refractivity contribution in [3.63, 3.8) is 0 Å². The second-order valence-electron chi connectivity index (χ2n) is 5.59. The summed E-state index contributed by atoms with van der Waals surface area (Å²) in [6.45, 7) is 0.834. The molecule has 3 aromatic rings. The fraction of sp³-hybridized carbons (Fsp3) is 0.294. The maximum absolute atomic E-state index is 12.6. The minimum absolute atomic E-state index is 0.188. The van der Waals surface area contributed by atoms with E-state index < -0.39 is 11.9 Å². The Balaban J connectivity index is 1.50. The number of thiazole rings is 1. The molecule has 0 aliphatic rings. The number of hydrogen-bond acceptors (Lipinski definition) is 3. The van der Waals surface area contributed by atoms with Gasteiger partial charge in [-0.15, -0.1) is 11.3 Å². The fourth-order valence-corrected chi connectivity index (χ4v) is 3.30. The van der Waals surface area contributed by atoms with E-state index in [0.717, 1.165) is 28.7 Å². The lowest BCUT2D eigenvalue weighted by Gasteiger charge is -2.10. The van der Waals surface area contributed by atoms with Gasteiger partial charge in [-0.1, -0.05) is 18.2 Å². The molecule has 2 aromatic heterocycles. The summed E-state index contributed by atoms with van der Waals surface area (Å²) >= 11 is 0.972. The van der Waals surface area contributed by atoms with Crippen LogP contribution < -0.4 is 10.6 Å². The van der Waals surface area contributed by atoms with Crippen LogP contribution in [0.3, 0.4) is 0 Å². The molecule has 0 unspecified atom stereocenters. The lowest BCUT2D eigenvalue weighted by molar-refractivity contribution is -0.140. The Bertz CT molecular complexity index is 897. The van der Waals surface area contributed by atoms with Gasteiger partial charge in [-0.05, 0) is 18.1 Å². The Morgan fingerprint density at radius 1 is 1.27 bits per heavy atom. The molecular formula is C17H18F3N5S. The predicted octanol–water partition coefficient (Wildman–Crippen LogP) is 3.55. The van der Waals surface area contributed by atoms with Gasteiger partial charge in [0.25, 0.3) is 0 Å². The summed E-state index contributed by atoms with van der Waals surface area (Å²) < 4.78 is 37.7.